The molecule has 7 heteroatoms. The lowest BCUT2D eigenvalue weighted by atomic mass is 10.1. The van der Waals surface area contributed by atoms with Crippen molar-refractivity contribution in [2.24, 2.45) is 0 Å². The van der Waals surface area contributed by atoms with E-state index >= 15 is 0 Å². The lowest BCUT2D eigenvalue weighted by Crippen LogP contribution is -2.24. The molecule has 2 aromatic heterocycles. The highest BCUT2D eigenvalue weighted by atomic mass is 16.5. The van der Waals surface area contributed by atoms with Gasteiger partial charge in [-0.2, -0.15) is 0 Å². The average Bonchev–Trinajstić information content (AvgIpc) is 3.33. The summed E-state index contributed by atoms with van der Waals surface area (Å²) in [6.45, 7) is 1.79. The fraction of sp³-hybridized carbons (Fsp3) is 0.240. The van der Waals surface area contributed by atoms with E-state index in [2.05, 4.69) is 10.3 Å². The number of hydrogen-bond donors (Lipinski definition) is 1. The fourth-order valence-corrected chi connectivity index (χ4v) is 3.46. The molecule has 0 spiro atoms. The summed E-state index contributed by atoms with van der Waals surface area (Å²) in [5.74, 6) is 0.737. The Morgan fingerprint density at radius 2 is 1.91 bits per heavy atom. The predicted molar refractivity (Wildman–Crippen MR) is 121 cm³/mol. The van der Waals surface area contributed by atoms with Gasteiger partial charge in [-0.15, -0.1) is 0 Å². The van der Waals surface area contributed by atoms with Gasteiger partial charge in [0.15, 0.2) is 0 Å². The third-order valence-corrected chi connectivity index (χ3v) is 5.11. The van der Waals surface area contributed by atoms with Crippen molar-refractivity contribution in [3.63, 3.8) is 0 Å². The van der Waals surface area contributed by atoms with Crippen LogP contribution in [-0.2, 0) is 35.8 Å². The summed E-state index contributed by atoms with van der Waals surface area (Å²) < 4.78 is 12.5. The maximum atomic E-state index is 12.5. The Balaban J connectivity index is 1.21. The predicted octanol–water partition coefficient (Wildman–Crippen LogP) is 3.80. The van der Waals surface area contributed by atoms with E-state index in [-0.39, 0.29) is 11.5 Å². The van der Waals surface area contributed by atoms with E-state index < -0.39 is 0 Å². The molecule has 4 rings (SSSR count). The smallest absolute Gasteiger partial charge is 0.261 e. The number of carbonyl (C=O) groups is 1. The molecule has 0 fully saturated rings. The van der Waals surface area contributed by atoms with Crippen molar-refractivity contribution < 1.29 is 13.9 Å². The highest BCUT2D eigenvalue weighted by Crippen LogP contribution is 2.10. The average molecular weight is 431 g/mol. The van der Waals surface area contributed by atoms with Gasteiger partial charge >= 0.3 is 0 Å². The summed E-state index contributed by atoms with van der Waals surface area (Å²) in [4.78, 5) is 29.0. The van der Waals surface area contributed by atoms with Gasteiger partial charge in [0.05, 0.1) is 30.1 Å². The van der Waals surface area contributed by atoms with E-state index in [1.54, 1.807) is 23.2 Å². The zero-order chi connectivity index (χ0) is 22.2. The number of hydrogen-bond acceptors (Lipinski definition) is 5. The second-order valence-corrected chi connectivity index (χ2v) is 7.53. The van der Waals surface area contributed by atoms with E-state index in [1.807, 2.05) is 54.6 Å². The Bertz CT molecular complexity index is 1230. The first kappa shape index (κ1) is 21.5. The van der Waals surface area contributed by atoms with Crippen LogP contribution in [0.25, 0.3) is 10.9 Å². The number of furan rings is 1. The van der Waals surface area contributed by atoms with Crippen LogP contribution >= 0.6 is 0 Å². The number of ether oxygens (including phenoxy) is 1. The van der Waals surface area contributed by atoms with E-state index in [4.69, 9.17) is 9.15 Å². The number of amides is 1. The highest BCUT2D eigenvalue weighted by Gasteiger charge is 2.06. The molecule has 0 atom stereocenters. The minimum atomic E-state index is -0.0814. The number of rotatable bonds is 10. The third kappa shape index (κ3) is 5.70. The first-order valence-electron chi connectivity index (χ1n) is 10.6. The van der Waals surface area contributed by atoms with Crippen molar-refractivity contribution >= 4 is 16.8 Å². The lowest BCUT2D eigenvalue weighted by Gasteiger charge is -2.09. The van der Waals surface area contributed by atoms with Crippen LogP contribution in [0.4, 0.5) is 0 Å². The van der Waals surface area contributed by atoms with Gasteiger partial charge in [0.1, 0.15) is 12.4 Å². The number of carbonyl (C=O) groups excluding carboxylic acids is 1. The molecule has 0 bridgehead atoms. The Labute approximate surface area is 185 Å². The van der Waals surface area contributed by atoms with E-state index in [1.165, 1.54) is 0 Å². The molecule has 0 saturated heterocycles. The standard InChI is InChI=1S/C25H25N3O4/c29-24(11-4-12-28-18-27-23-10-2-1-9-22(23)25(28)30)26-15-19-6-3-7-20(14-19)16-31-17-21-8-5-13-32-21/h1-3,5-10,13-14,18H,4,11-12,15-17H2,(H,26,29). The first-order valence-corrected chi connectivity index (χ1v) is 10.6. The Morgan fingerprint density at radius 1 is 1.03 bits per heavy atom. The van der Waals surface area contributed by atoms with Crippen LogP contribution in [-0.4, -0.2) is 15.5 Å². The minimum Gasteiger partial charge on any atom is -0.467 e. The number of benzene rings is 2. The molecule has 0 unspecified atom stereocenters. The van der Waals surface area contributed by atoms with Crippen molar-refractivity contribution in [3.05, 3.63) is 100 Å². The topological polar surface area (TPSA) is 86.4 Å². The summed E-state index contributed by atoms with van der Waals surface area (Å²) >= 11 is 0. The maximum Gasteiger partial charge on any atom is 0.261 e. The lowest BCUT2D eigenvalue weighted by molar-refractivity contribution is -0.121. The van der Waals surface area contributed by atoms with Gasteiger partial charge in [0, 0.05) is 19.5 Å². The van der Waals surface area contributed by atoms with Gasteiger partial charge in [0.25, 0.3) is 5.56 Å². The molecular formula is C25H25N3O4. The second kappa shape index (κ2) is 10.5. The molecule has 1 amide bonds. The summed E-state index contributed by atoms with van der Waals surface area (Å²) in [6, 6.07) is 18.9. The normalized spacial score (nSPS) is 11.0. The van der Waals surface area contributed by atoms with Crippen molar-refractivity contribution in [2.75, 3.05) is 0 Å². The number of aromatic nitrogens is 2. The van der Waals surface area contributed by atoms with E-state index in [0.29, 0.717) is 50.0 Å². The molecule has 0 saturated carbocycles. The third-order valence-electron chi connectivity index (χ3n) is 5.11. The molecule has 1 N–H and O–H groups in total. The first-order chi connectivity index (χ1) is 15.7. The molecule has 4 aromatic rings. The van der Waals surface area contributed by atoms with Crippen LogP contribution in [0.1, 0.15) is 29.7 Å². The van der Waals surface area contributed by atoms with Gasteiger partial charge < -0.3 is 14.5 Å². The summed E-state index contributed by atoms with van der Waals surface area (Å²) in [6.07, 6.45) is 4.07. The SMILES string of the molecule is O=C(CCCn1cnc2ccccc2c1=O)NCc1cccc(COCc2ccco2)c1. The van der Waals surface area contributed by atoms with E-state index in [0.717, 1.165) is 16.9 Å². The molecule has 7 nitrogen and oxygen atoms in total. The summed E-state index contributed by atoms with van der Waals surface area (Å²) in [5, 5.41) is 3.53. The Hall–Kier alpha value is -3.71. The van der Waals surface area contributed by atoms with Gasteiger partial charge in [-0.05, 0) is 41.8 Å². The van der Waals surface area contributed by atoms with Crippen LogP contribution in [0.3, 0.4) is 0 Å². The number of fused-ring (bicyclic) bond motifs is 1. The molecule has 2 aromatic carbocycles. The van der Waals surface area contributed by atoms with Crippen LogP contribution < -0.4 is 10.9 Å². The van der Waals surface area contributed by atoms with Gasteiger partial charge in [-0.25, -0.2) is 4.98 Å². The summed E-state index contributed by atoms with van der Waals surface area (Å²) in [7, 11) is 0. The van der Waals surface area contributed by atoms with E-state index in [9.17, 15) is 9.59 Å². The monoisotopic (exact) mass is 431 g/mol. The highest BCUT2D eigenvalue weighted by molar-refractivity contribution is 5.77. The Kier molecular flexibility index (Phi) is 7.09. The fourth-order valence-electron chi connectivity index (χ4n) is 3.46. The van der Waals surface area contributed by atoms with Crippen LogP contribution in [0, 0.1) is 0 Å². The molecule has 164 valence electrons. The van der Waals surface area contributed by atoms with Gasteiger partial charge in [-0.3, -0.25) is 14.2 Å². The van der Waals surface area contributed by atoms with Gasteiger partial charge in [0.2, 0.25) is 5.91 Å². The van der Waals surface area contributed by atoms with Crippen LogP contribution in [0.15, 0.2) is 82.5 Å². The maximum absolute atomic E-state index is 12.5. The molecule has 0 radical (unpaired) electrons. The molecule has 2 heterocycles. The van der Waals surface area contributed by atoms with Crippen molar-refractivity contribution in [1.82, 2.24) is 14.9 Å². The largest absolute Gasteiger partial charge is 0.467 e. The van der Waals surface area contributed by atoms with Crippen molar-refractivity contribution in [3.8, 4) is 0 Å². The zero-order valence-corrected chi connectivity index (χ0v) is 17.7. The molecule has 0 aliphatic rings. The minimum absolute atomic E-state index is 0.0498. The quantitative estimate of drug-likeness (QED) is 0.413. The van der Waals surface area contributed by atoms with Gasteiger partial charge in [-0.1, -0.05) is 36.4 Å². The molecular weight excluding hydrogens is 406 g/mol. The molecule has 0 aliphatic carbocycles. The van der Waals surface area contributed by atoms with Crippen LogP contribution in [0.2, 0.25) is 0 Å². The zero-order valence-electron chi connectivity index (χ0n) is 17.7. The van der Waals surface area contributed by atoms with Crippen molar-refractivity contribution in [2.45, 2.75) is 39.1 Å². The molecule has 32 heavy (non-hydrogen) atoms. The number of nitrogens with one attached hydrogen (secondary N) is 1. The number of nitrogens with zero attached hydrogens (tertiary/aromatic N) is 2. The van der Waals surface area contributed by atoms with Crippen LogP contribution in [0.5, 0.6) is 0 Å². The van der Waals surface area contributed by atoms with Crippen molar-refractivity contribution in [1.29, 1.82) is 0 Å². The number of aryl methyl sites for hydroxylation is 1. The number of para-hydroxylation sites is 1. The molecule has 0 aliphatic heterocycles. The Morgan fingerprint density at radius 3 is 2.78 bits per heavy atom. The summed E-state index contributed by atoms with van der Waals surface area (Å²) in [5.41, 5.74) is 2.64. The second-order valence-electron chi connectivity index (χ2n) is 7.53.